The number of carbonyl (C=O) groups is 2. The number of hydrogen-bond donors (Lipinski definition) is 1. The van der Waals surface area contributed by atoms with Crippen molar-refractivity contribution in [2.75, 3.05) is 19.6 Å². The van der Waals surface area contributed by atoms with Gasteiger partial charge in [-0.2, -0.15) is 4.39 Å². The van der Waals surface area contributed by atoms with E-state index >= 15 is 0 Å². The predicted molar refractivity (Wildman–Crippen MR) is 95.1 cm³/mol. The molecule has 0 aliphatic carbocycles. The van der Waals surface area contributed by atoms with Crippen molar-refractivity contribution >= 4 is 17.9 Å². The third-order valence-corrected chi connectivity index (χ3v) is 4.60. The smallest absolute Gasteiger partial charge is 0.244 e. The molecule has 25 heavy (non-hydrogen) atoms. The molecule has 136 valence electrons. The molecule has 2 rings (SSSR count). The number of aromatic nitrogens is 1. The van der Waals surface area contributed by atoms with Crippen molar-refractivity contribution in [2.24, 2.45) is 5.92 Å². The lowest BCUT2D eigenvalue weighted by molar-refractivity contribution is -0.130. The first kappa shape index (κ1) is 19.1. The van der Waals surface area contributed by atoms with E-state index in [-0.39, 0.29) is 11.8 Å². The number of hydrogen-bond acceptors (Lipinski definition) is 3. The second-order valence-electron chi connectivity index (χ2n) is 6.45. The van der Waals surface area contributed by atoms with Crippen LogP contribution in [0.3, 0.4) is 0 Å². The van der Waals surface area contributed by atoms with Crippen molar-refractivity contribution in [1.82, 2.24) is 15.2 Å². The van der Waals surface area contributed by atoms with Crippen LogP contribution in [-0.4, -0.2) is 41.3 Å². The fraction of sp³-hybridized carbons (Fsp3) is 0.526. The van der Waals surface area contributed by atoms with E-state index in [0.29, 0.717) is 18.0 Å². The number of unbranched alkanes of at least 4 members (excludes halogenated alkanes) is 1. The lowest BCUT2D eigenvalue weighted by Gasteiger charge is -2.31. The lowest BCUT2D eigenvalue weighted by Crippen LogP contribution is -2.36. The van der Waals surface area contributed by atoms with Gasteiger partial charge in [-0.05, 0) is 43.4 Å². The Morgan fingerprint density at radius 2 is 2.12 bits per heavy atom. The van der Waals surface area contributed by atoms with Gasteiger partial charge in [0.25, 0.3) is 0 Å². The average molecular weight is 347 g/mol. The van der Waals surface area contributed by atoms with E-state index < -0.39 is 5.95 Å². The minimum atomic E-state index is -0.581. The van der Waals surface area contributed by atoms with E-state index in [0.717, 1.165) is 45.2 Å². The Kier molecular flexibility index (Phi) is 7.57. The van der Waals surface area contributed by atoms with Gasteiger partial charge >= 0.3 is 0 Å². The largest absolute Gasteiger partial charge is 0.353 e. The summed E-state index contributed by atoms with van der Waals surface area (Å²) in [5, 5.41) is 2.81. The van der Waals surface area contributed by atoms with E-state index in [9.17, 15) is 14.0 Å². The van der Waals surface area contributed by atoms with Gasteiger partial charge in [0.15, 0.2) is 0 Å². The normalized spacial score (nSPS) is 15.5. The SMILES string of the molecule is CC(=O)N1CCC(CCCCNC(=O)/C=C/c2cccnc2F)CC1. The summed E-state index contributed by atoms with van der Waals surface area (Å²) >= 11 is 0. The van der Waals surface area contributed by atoms with Crippen LogP contribution in [0, 0.1) is 11.9 Å². The number of pyridine rings is 1. The quantitative estimate of drug-likeness (QED) is 0.469. The molecule has 0 spiro atoms. The fourth-order valence-electron chi connectivity index (χ4n) is 3.05. The van der Waals surface area contributed by atoms with Crippen LogP contribution in [0.4, 0.5) is 4.39 Å². The van der Waals surface area contributed by atoms with Crippen molar-refractivity contribution < 1.29 is 14.0 Å². The van der Waals surface area contributed by atoms with E-state index in [1.54, 1.807) is 19.1 Å². The number of nitrogens with one attached hydrogen (secondary N) is 1. The highest BCUT2D eigenvalue weighted by molar-refractivity contribution is 5.91. The van der Waals surface area contributed by atoms with Crippen LogP contribution in [0.25, 0.3) is 6.08 Å². The first-order valence-corrected chi connectivity index (χ1v) is 8.88. The average Bonchev–Trinajstić information content (AvgIpc) is 2.61. The molecule has 1 N–H and O–H groups in total. The number of halogens is 1. The minimum Gasteiger partial charge on any atom is -0.353 e. The maximum absolute atomic E-state index is 13.3. The zero-order valence-electron chi connectivity index (χ0n) is 14.7. The van der Waals surface area contributed by atoms with E-state index in [4.69, 9.17) is 0 Å². The molecule has 1 aromatic rings. The van der Waals surface area contributed by atoms with Gasteiger partial charge in [-0.15, -0.1) is 0 Å². The van der Waals surface area contributed by atoms with Crippen LogP contribution < -0.4 is 5.32 Å². The number of amides is 2. The van der Waals surface area contributed by atoms with Gasteiger partial charge in [-0.1, -0.05) is 12.8 Å². The number of carbonyl (C=O) groups excluding carboxylic acids is 2. The Labute approximate surface area is 148 Å². The second kappa shape index (κ2) is 9.91. The topological polar surface area (TPSA) is 62.3 Å². The predicted octanol–water partition coefficient (Wildman–Crippen LogP) is 2.78. The van der Waals surface area contributed by atoms with Crippen LogP contribution in [-0.2, 0) is 9.59 Å². The molecule has 1 saturated heterocycles. The van der Waals surface area contributed by atoms with Gasteiger partial charge in [-0.3, -0.25) is 9.59 Å². The first-order chi connectivity index (χ1) is 12.1. The maximum Gasteiger partial charge on any atom is 0.244 e. The molecule has 1 aromatic heterocycles. The van der Waals surface area contributed by atoms with Gasteiger partial charge < -0.3 is 10.2 Å². The molecule has 1 fully saturated rings. The summed E-state index contributed by atoms with van der Waals surface area (Å²) in [5.41, 5.74) is 0.301. The molecule has 0 saturated carbocycles. The zero-order valence-corrected chi connectivity index (χ0v) is 14.7. The molecule has 0 atom stereocenters. The molecule has 1 aliphatic rings. The summed E-state index contributed by atoms with van der Waals surface area (Å²) in [6, 6.07) is 3.20. The molecule has 0 radical (unpaired) electrons. The molecule has 2 heterocycles. The van der Waals surface area contributed by atoms with Gasteiger partial charge in [0.05, 0.1) is 0 Å². The number of rotatable bonds is 7. The molecule has 6 heteroatoms. The molecule has 0 aromatic carbocycles. The van der Waals surface area contributed by atoms with Crippen molar-refractivity contribution in [3.8, 4) is 0 Å². The molecule has 2 amide bonds. The van der Waals surface area contributed by atoms with Crippen LogP contribution >= 0.6 is 0 Å². The fourth-order valence-corrected chi connectivity index (χ4v) is 3.05. The monoisotopic (exact) mass is 347 g/mol. The van der Waals surface area contributed by atoms with Crippen molar-refractivity contribution in [2.45, 2.75) is 39.0 Å². The first-order valence-electron chi connectivity index (χ1n) is 8.88. The second-order valence-corrected chi connectivity index (χ2v) is 6.45. The van der Waals surface area contributed by atoms with Crippen molar-refractivity contribution in [3.05, 3.63) is 35.9 Å². The Morgan fingerprint density at radius 1 is 1.36 bits per heavy atom. The third kappa shape index (κ3) is 6.64. The molecule has 5 nitrogen and oxygen atoms in total. The summed E-state index contributed by atoms with van der Waals surface area (Å²) in [6.45, 7) is 3.98. The molecular weight excluding hydrogens is 321 g/mol. The maximum atomic E-state index is 13.3. The Hall–Kier alpha value is -2.24. The van der Waals surface area contributed by atoms with Gasteiger partial charge in [0, 0.05) is 44.4 Å². The highest BCUT2D eigenvalue weighted by Crippen LogP contribution is 2.22. The number of likely N-dealkylation sites (tertiary alicyclic amines) is 1. The van der Waals surface area contributed by atoms with E-state index in [2.05, 4.69) is 10.3 Å². The summed E-state index contributed by atoms with van der Waals surface area (Å²) in [6.07, 6.45) is 9.41. The Morgan fingerprint density at radius 3 is 2.80 bits per heavy atom. The van der Waals surface area contributed by atoms with Crippen LogP contribution in [0.5, 0.6) is 0 Å². The van der Waals surface area contributed by atoms with E-state index in [1.165, 1.54) is 18.3 Å². The Balaban J connectivity index is 1.56. The van der Waals surface area contributed by atoms with E-state index in [1.807, 2.05) is 4.90 Å². The van der Waals surface area contributed by atoms with Crippen molar-refractivity contribution in [3.63, 3.8) is 0 Å². The molecule has 1 aliphatic heterocycles. The lowest BCUT2D eigenvalue weighted by atomic mass is 9.91. The standard InChI is InChI=1S/C19H26FN3O2/c1-15(24)23-13-9-16(10-14-23)5-2-3-11-21-18(25)8-7-17-6-4-12-22-19(17)20/h4,6-8,12,16H,2-3,5,9-11,13-14H2,1H3,(H,21,25)/b8-7+. The summed E-state index contributed by atoms with van der Waals surface area (Å²) in [7, 11) is 0. The van der Waals surface area contributed by atoms with Crippen LogP contribution in [0.15, 0.2) is 24.4 Å². The van der Waals surface area contributed by atoms with Gasteiger partial charge in [-0.25, -0.2) is 4.98 Å². The highest BCUT2D eigenvalue weighted by Gasteiger charge is 2.19. The number of piperidine rings is 1. The van der Waals surface area contributed by atoms with Crippen LogP contribution in [0.1, 0.15) is 44.6 Å². The summed E-state index contributed by atoms with van der Waals surface area (Å²) in [4.78, 5) is 28.4. The number of nitrogens with zero attached hydrogens (tertiary/aromatic N) is 2. The summed E-state index contributed by atoms with van der Waals surface area (Å²) in [5.74, 6) is 0.0422. The molecule has 0 unspecified atom stereocenters. The van der Waals surface area contributed by atoms with Crippen molar-refractivity contribution in [1.29, 1.82) is 0 Å². The third-order valence-electron chi connectivity index (χ3n) is 4.60. The molecular formula is C19H26FN3O2. The van der Waals surface area contributed by atoms with Gasteiger partial charge in [0.1, 0.15) is 0 Å². The highest BCUT2D eigenvalue weighted by atomic mass is 19.1. The zero-order chi connectivity index (χ0) is 18.1. The summed E-state index contributed by atoms with van der Waals surface area (Å²) < 4.78 is 13.3. The molecule has 0 bridgehead atoms. The van der Waals surface area contributed by atoms with Gasteiger partial charge in [0.2, 0.25) is 17.8 Å². The minimum absolute atomic E-state index is 0.167. The van der Waals surface area contributed by atoms with Crippen LogP contribution in [0.2, 0.25) is 0 Å². The Bertz CT molecular complexity index is 610.